The van der Waals surface area contributed by atoms with Gasteiger partial charge in [-0.1, -0.05) is 54.6 Å². The summed E-state index contributed by atoms with van der Waals surface area (Å²) in [6.45, 7) is 1.55. The molecule has 152 valence electrons. The zero-order chi connectivity index (χ0) is 20.8. The molecule has 0 bridgehead atoms. The van der Waals surface area contributed by atoms with Gasteiger partial charge < -0.3 is 19.8 Å². The maximum atomic E-state index is 12.6. The van der Waals surface area contributed by atoms with E-state index in [1.165, 1.54) is 0 Å². The molecule has 30 heavy (non-hydrogen) atoms. The number of carbonyl (C=O) groups excluding carboxylic acids is 1. The number of rotatable bonds is 8. The van der Waals surface area contributed by atoms with Crippen molar-refractivity contribution in [3.63, 3.8) is 0 Å². The summed E-state index contributed by atoms with van der Waals surface area (Å²) in [5, 5.41) is 3.94. The van der Waals surface area contributed by atoms with Crippen LogP contribution in [0.2, 0.25) is 0 Å². The molecule has 0 atom stereocenters. The maximum Gasteiger partial charge on any atom is 0.267 e. The average molecular weight is 400 g/mol. The summed E-state index contributed by atoms with van der Waals surface area (Å²) in [6, 6.07) is 25.7. The molecule has 1 amide bonds. The number of hydrogen-bond acceptors (Lipinski definition) is 3. The lowest BCUT2D eigenvalue weighted by Gasteiger charge is -2.08. The van der Waals surface area contributed by atoms with Gasteiger partial charge in [0.05, 0.1) is 20.3 Å². The zero-order valence-corrected chi connectivity index (χ0v) is 16.9. The van der Waals surface area contributed by atoms with E-state index in [4.69, 9.17) is 9.47 Å². The van der Waals surface area contributed by atoms with Gasteiger partial charge in [0.25, 0.3) is 5.91 Å². The minimum Gasteiger partial charge on any atom is -0.497 e. The third kappa shape index (κ3) is 4.88. The zero-order valence-electron chi connectivity index (χ0n) is 16.9. The van der Waals surface area contributed by atoms with Crippen molar-refractivity contribution in [3.8, 4) is 5.75 Å². The van der Waals surface area contributed by atoms with E-state index in [-0.39, 0.29) is 5.91 Å². The molecule has 0 aliphatic carbocycles. The summed E-state index contributed by atoms with van der Waals surface area (Å²) in [5.74, 6) is 0.610. The molecule has 0 saturated heterocycles. The van der Waals surface area contributed by atoms with Gasteiger partial charge in [-0.05, 0) is 34.9 Å². The molecule has 3 aromatic carbocycles. The fraction of sp³-hybridized carbons (Fsp3) is 0.160. The first-order valence-electron chi connectivity index (χ1n) is 9.86. The number of hydrogen-bond donors (Lipinski definition) is 2. The van der Waals surface area contributed by atoms with Crippen LogP contribution in [0, 0.1) is 0 Å². The van der Waals surface area contributed by atoms with E-state index in [1.807, 2.05) is 72.8 Å². The summed E-state index contributed by atoms with van der Waals surface area (Å²) >= 11 is 0. The Morgan fingerprint density at radius 2 is 1.63 bits per heavy atom. The third-order valence-corrected chi connectivity index (χ3v) is 4.90. The highest BCUT2D eigenvalue weighted by Crippen LogP contribution is 2.21. The first-order valence-corrected chi connectivity index (χ1v) is 9.86. The number of ether oxygens (including phenoxy) is 2. The topological polar surface area (TPSA) is 63.4 Å². The van der Waals surface area contributed by atoms with E-state index >= 15 is 0 Å². The van der Waals surface area contributed by atoms with E-state index in [9.17, 15) is 4.79 Å². The van der Waals surface area contributed by atoms with Crippen molar-refractivity contribution in [2.45, 2.75) is 19.8 Å². The molecule has 4 rings (SSSR count). The van der Waals surface area contributed by atoms with Gasteiger partial charge >= 0.3 is 0 Å². The number of H-pyrrole nitrogens is 1. The van der Waals surface area contributed by atoms with Gasteiger partial charge in [-0.3, -0.25) is 4.79 Å². The Balaban J connectivity index is 1.33. The molecule has 1 heterocycles. The van der Waals surface area contributed by atoms with Crippen LogP contribution < -0.4 is 10.1 Å². The van der Waals surface area contributed by atoms with Crippen LogP contribution in [0.1, 0.15) is 27.2 Å². The van der Waals surface area contributed by atoms with E-state index in [1.54, 1.807) is 7.11 Å². The Labute approximate surface area is 175 Å². The number of aromatic amines is 1. The second-order valence-electron chi connectivity index (χ2n) is 7.12. The molecule has 0 aliphatic rings. The molecule has 0 unspecified atom stereocenters. The van der Waals surface area contributed by atoms with Gasteiger partial charge in [-0.15, -0.1) is 0 Å². The van der Waals surface area contributed by atoms with Crippen molar-refractivity contribution >= 4 is 16.8 Å². The van der Waals surface area contributed by atoms with Crippen LogP contribution in [0.5, 0.6) is 5.75 Å². The number of amides is 1. The van der Waals surface area contributed by atoms with Crippen LogP contribution in [-0.2, 0) is 24.5 Å². The quantitative estimate of drug-likeness (QED) is 0.446. The van der Waals surface area contributed by atoms with Gasteiger partial charge in [0.1, 0.15) is 11.4 Å². The SMILES string of the molecule is COc1ccc2cc(C(=O)NCc3cccc(COCc4ccccc4)c3)[nH]c2c1. The number of nitrogens with one attached hydrogen (secondary N) is 2. The van der Waals surface area contributed by atoms with Crippen molar-refractivity contribution < 1.29 is 14.3 Å². The van der Waals surface area contributed by atoms with Gasteiger partial charge in [-0.25, -0.2) is 0 Å². The van der Waals surface area contributed by atoms with Gasteiger partial charge in [-0.2, -0.15) is 0 Å². The van der Waals surface area contributed by atoms with Crippen molar-refractivity contribution in [3.05, 3.63) is 101 Å². The van der Waals surface area contributed by atoms with Gasteiger partial charge in [0.2, 0.25) is 0 Å². The Bertz CT molecular complexity index is 1140. The average Bonchev–Trinajstić information content (AvgIpc) is 3.22. The van der Waals surface area contributed by atoms with Gasteiger partial charge in [0.15, 0.2) is 0 Å². The molecule has 1 aromatic heterocycles. The number of carbonyl (C=O) groups is 1. The summed E-state index contributed by atoms with van der Waals surface area (Å²) < 4.78 is 11.0. The molecule has 0 spiro atoms. The first-order chi connectivity index (χ1) is 14.7. The number of methoxy groups -OCH3 is 1. The predicted octanol–water partition coefficient (Wildman–Crippen LogP) is 4.82. The lowest BCUT2D eigenvalue weighted by molar-refractivity contribution is 0.0946. The lowest BCUT2D eigenvalue weighted by atomic mass is 10.1. The summed E-state index contributed by atoms with van der Waals surface area (Å²) in [7, 11) is 1.62. The molecular weight excluding hydrogens is 376 g/mol. The monoisotopic (exact) mass is 400 g/mol. The fourth-order valence-corrected chi connectivity index (χ4v) is 3.32. The molecule has 0 fully saturated rings. The second-order valence-corrected chi connectivity index (χ2v) is 7.12. The molecule has 2 N–H and O–H groups in total. The molecule has 5 heteroatoms. The number of benzene rings is 3. The Kier molecular flexibility index (Phi) is 6.11. The van der Waals surface area contributed by atoms with E-state index < -0.39 is 0 Å². The van der Waals surface area contributed by atoms with Crippen LogP contribution >= 0.6 is 0 Å². The van der Waals surface area contributed by atoms with Crippen molar-refractivity contribution in [1.29, 1.82) is 0 Å². The molecule has 0 radical (unpaired) electrons. The van der Waals surface area contributed by atoms with Crippen molar-refractivity contribution in [1.82, 2.24) is 10.3 Å². The molecular formula is C25H24N2O3. The van der Waals surface area contributed by atoms with Crippen molar-refractivity contribution in [2.24, 2.45) is 0 Å². The van der Waals surface area contributed by atoms with Crippen LogP contribution in [0.25, 0.3) is 10.9 Å². The Hall–Kier alpha value is -3.57. The highest BCUT2D eigenvalue weighted by molar-refractivity contribution is 5.98. The summed E-state index contributed by atoms with van der Waals surface area (Å²) in [5.41, 5.74) is 4.66. The summed E-state index contributed by atoms with van der Waals surface area (Å²) in [4.78, 5) is 15.7. The van der Waals surface area contributed by atoms with Crippen LogP contribution in [0.4, 0.5) is 0 Å². The molecule has 5 nitrogen and oxygen atoms in total. The molecule has 4 aromatic rings. The molecule has 0 aliphatic heterocycles. The Morgan fingerprint density at radius 3 is 2.47 bits per heavy atom. The van der Waals surface area contributed by atoms with Crippen molar-refractivity contribution in [2.75, 3.05) is 7.11 Å². The predicted molar refractivity (Wildman–Crippen MR) is 117 cm³/mol. The lowest BCUT2D eigenvalue weighted by Crippen LogP contribution is -2.23. The van der Waals surface area contributed by atoms with Crippen LogP contribution in [-0.4, -0.2) is 18.0 Å². The van der Waals surface area contributed by atoms with E-state index in [2.05, 4.69) is 16.4 Å². The highest BCUT2D eigenvalue weighted by atomic mass is 16.5. The van der Waals surface area contributed by atoms with Crippen LogP contribution in [0.15, 0.2) is 78.9 Å². The largest absolute Gasteiger partial charge is 0.497 e. The van der Waals surface area contributed by atoms with Gasteiger partial charge in [0, 0.05) is 23.5 Å². The maximum absolute atomic E-state index is 12.6. The minimum absolute atomic E-state index is 0.143. The van der Waals surface area contributed by atoms with E-state index in [0.717, 1.165) is 33.3 Å². The summed E-state index contributed by atoms with van der Waals surface area (Å²) in [6.07, 6.45) is 0. The Morgan fingerprint density at radius 1 is 0.867 bits per heavy atom. The standard InChI is InChI=1S/C25H24N2O3/c1-29-22-11-10-21-13-24(27-23(21)14-22)25(28)26-15-19-8-5-9-20(12-19)17-30-16-18-6-3-2-4-7-18/h2-14,27H,15-17H2,1H3,(H,26,28). The number of fused-ring (bicyclic) bond motifs is 1. The number of aromatic nitrogens is 1. The third-order valence-electron chi connectivity index (χ3n) is 4.90. The highest BCUT2D eigenvalue weighted by Gasteiger charge is 2.10. The van der Waals surface area contributed by atoms with E-state index in [0.29, 0.717) is 25.5 Å². The second kappa shape index (κ2) is 9.29. The van der Waals surface area contributed by atoms with Crippen LogP contribution in [0.3, 0.4) is 0 Å². The smallest absolute Gasteiger partial charge is 0.267 e. The first kappa shape index (κ1) is 19.7. The minimum atomic E-state index is -0.143. The fourth-order valence-electron chi connectivity index (χ4n) is 3.32. The normalized spacial score (nSPS) is 10.8. The molecule has 0 saturated carbocycles.